The first-order chi connectivity index (χ1) is 21.1. The van der Waals surface area contributed by atoms with Gasteiger partial charge in [0, 0.05) is 19.5 Å². The zero-order chi connectivity index (χ0) is 31.7. The summed E-state index contributed by atoms with van der Waals surface area (Å²) in [4.78, 5) is 15.3. The Morgan fingerprint density at radius 3 is 2.20 bits per heavy atom. The molecule has 0 aromatic rings. The lowest BCUT2D eigenvalue weighted by atomic mass is 9.47. The fraction of sp³-hybridized carbons (Fsp3) is 0.921. The van der Waals surface area contributed by atoms with Crippen LogP contribution in [0.15, 0.2) is 11.6 Å². The van der Waals surface area contributed by atoms with Gasteiger partial charge in [-0.2, -0.15) is 0 Å². The van der Waals surface area contributed by atoms with E-state index in [0.29, 0.717) is 18.5 Å². The van der Waals surface area contributed by atoms with Gasteiger partial charge in [0.1, 0.15) is 6.10 Å². The van der Waals surface area contributed by atoms with Gasteiger partial charge in [-0.05, 0) is 143 Å². The summed E-state index contributed by atoms with van der Waals surface area (Å²) in [7, 11) is 0. The van der Waals surface area contributed by atoms with Gasteiger partial charge in [0.15, 0.2) is 0 Å². The largest absolute Gasteiger partial charge is 0.446 e. The van der Waals surface area contributed by atoms with Crippen LogP contribution in [0.2, 0.25) is 0 Å². The topological polar surface area (TPSA) is 93.6 Å². The number of fused-ring (bicyclic) bond motifs is 5. The highest BCUT2D eigenvalue weighted by Gasteiger charge is 2.59. The predicted octanol–water partition coefficient (Wildman–Crippen LogP) is 10.0. The maximum Gasteiger partial charge on any atom is 0.410 e. The smallest absolute Gasteiger partial charge is 0.410 e. The highest BCUT2D eigenvalue weighted by atomic mass is 35.5. The van der Waals surface area contributed by atoms with Crippen molar-refractivity contribution in [2.45, 2.75) is 137 Å². The highest BCUT2D eigenvalue weighted by Crippen LogP contribution is 2.67. The summed E-state index contributed by atoms with van der Waals surface area (Å²) in [5.74, 6) is 5.11. The van der Waals surface area contributed by atoms with Crippen LogP contribution in [0, 0.1) is 46.3 Å². The number of rotatable bonds is 17. The molecule has 0 heterocycles. The minimum absolute atomic E-state index is 0. The summed E-state index contributed by atoms with van der Waals surface area (Å²) in [5, 5.41) is 3.44. The summed E-state index contributed by atoms with van der Waals surface area (Å²) >= 11 is 0. The maximum absolute atomic E-state index is 13.3. The Hall–Kier alpha value is 0.340. The van der Waals surface area contributed by atoms with Crippen molar-refractivity contribution >= 4 is 68.1 Å². The Bertz CT molecular complexity index is 946. The van der Waals surface area contributed by atoms with Crippen molar-refractivity contribution in [2.24, 2.45) is 57.8 Å². The number of carbonyl (C=O) groups is 1. The molecule has 3 saturated carbocycles. The van der Waals surface area contributed by atoms with Gasteiger partial charge in [-0.15, -0.1) is 62.0 Å². The minimum atomic E-state index is -0.134. The van der Waals surface area contributed by atoms with Gasteiger partial charge in [-0.3, -0.25) is 0 Å². The van der Waals surface area contributed by atoms with E-state index in [4.69, 9.17) is 16.2 Å². The Morgan fingerprint density at radius 2 is 1.53 bits per heavy atom. The lowest BCUT2D eigenvalue weighted by Gasteiger charge is -2.58. The molecule has 4 rings (SSSR count). The third-order valence-electron chi connectivity index (χ3n) is 13.0. The number of nitrogens with zero attached hydrogens (tertiary/aromatic N) is 1. The quantitative estimate of drug-likeness (QED) is 0.101. The third-order valence-corrected chi connectivity index (χ3v) is 13.0. The number of hydrogen-bond donors (Lipinski definition) is 3. The monoisotopic (exact) mass is 794 g/mol. The molecule has 8 atom stereocenters. The second kappa shape index (κ2) is 24.6. The SMILES string of the molecule is CC(C)CCC[C@@H](C)[C@H]1CC[C@H]2[C@@H]3CC=C4C[C@@H](OC(=O)N(CCCN)CCCCNCCCN)CC[C@]4(C)[C@H]3CC[C@]12C.Cl.Cl.Cl.Cl.Cl. The molecule has 0 aliphatic heterocycles. The van der Waals surface area contributed by atoms with Crippen LogP contribution in [0.5, 0.6) is 0 Å². The number of nitrogens with two attached hydrogens (primary N) is 2. The Labute approximate surface area is 332 Å². The van der Waals surface area contributed by atoms with Crippen LogP contribution in [-0.4, -0.2) is 56.4 Å². The van der Waals surface area contributed by atoms with Crippen LogP contribution in [0.25, 0.3) is 0 Å². The van der Waals surface area contributed by atoms with E-state index in [1.807, 2.05) is 4.90 Å². The lowest BCUT2D eigenvalue weighted by Crippen LogP contribution is -2.51. The lowest BCUT2D eigenvalue weighted by molar-refractivity contribution is -0.0593. The molecule has 0 unspecified atom stereocenters. The Morgan fingerprint density at radius 1 is 0.857 bits per heavy atom. The first kappa shape index (κ1) is 51.4. The van der Waals surface area contributed by atoms with Crippen molar-refractivity contribution in [3.63, 3.8) is 0 Å². The van der Waals surface area contributed by atoms with E-state index in [9.17, 15) is 4.79 Å². The van der Waals surface area contributed by atoms with E-state index in [1.54, 1.807) is 5.57 Å². The second-order valence-electron chi connectivity index (χ2n) is 16.3. The van der Waals surface area contributed by atoms with Gasteiger partial charge in [0.05, 0.1) is 0 Å². The molecule has 6 nitrogen and oxygen atoms in total. The number of halogens is 5. The van der Waals surface area contributed by atoms with Crippen molar-refractivity contribution < 1.29 is 9.53 Å². The average Bonchev–Trinajstić information content (AvgIpc) is 3.35. The van der Waals surface area contributed by atoms with Crippen LogP contribution in [0.4, 0.5) is 4.79 Å². The van der Waals surface area contributed by atoms with E-state index < -0.39 is 0 Å². The molecule has 0 bridgehead atoms. The number of amides is 1. The van der Waals surface area contributed by atoms with Gasteiger partial charge < -0.3 is 26.4 Å². The second-order valence-corrected chi connectivity index (χ2v) is 16.3. The number of allylic oxidation sites excluding steroid dienone is 1. The third kappa shape index (κ3) is 13.0. The number of hydrogen-bond acceptors (Lipinski definition) is 5. The molecule has 0 aromatic carbocycles. The van der Waals surface area contributed by atoms with Crippen LogP contribution in [0.3, 0.4) is 0 Å². The van der Waals surface area contributed by atoms with Gasteiger partial charge in [-0.25, -0.2) is 4.79 Å². The molecule has 49 heavy (non-hydrogen) atoms. The molecular formula is C38H75Cl5N4O2. The standard InChI is InChI=1S/C38H70N4O2.5ClH/c1-28(2)11-8-12-29(3)33-15-16-34-32-14-13-30-27-31(17-19-37(30,4)35(32)18-20-38(33,34)5)44-36(43)42(26-10-22-40)25-7-6-23-41-24-9-21-39;;;;;/h13,28-29,31-35,41H,6-12,14-27,39-40H2,1-5H3;5*1H/t29-,31+,32+,33-,34+,35+,37+,38-;;;;;/m1...../s1. The molecule has 4 aliphatic carbocycles. The van der Waals surface area contributed by atoms with E-state index in [0.717, 1.165) is 107 Å². The normalized spacial score (nSPS) is 30.3. The molecule has 5 N–H and O–H groups in total. The Kier molecular flexibility index (Phi) is 25.8. The van der Waals surface area contributed by atoms with E-state index >= 15 is 0 Å². The Balaban J connectivity index is 0. The van der Waals surface area contributed by atoms with E-state index in [2.05, 4.69) is 46.0 Å². The summed E-state index contributed by atoms with van der Waals surface area (Å²) in [6.07, 6.45) is 20.6. The van der Waals surface area contributed by atoms with Crippen molar-refractivity contribution in [1.82, 2.24) is 10.2 Å². The molecule has 11 heteroatoms. The zero-order valence-corrected chi connectivity index (χ0v) is 35.5. The summed E-state index contributed by atoms with van der Waals surface area (Å²) in [6, 6.07) is 0. The molecule has 294 valence electrons. The number of nitrogens with one attached hydrogen (secondary N) is 1. The first-order valence-corrected chi connectivity index (χ1v) is 18.9. The van der Waals surface area contributed by atoms with Gasteiger partial charge in [-0.1, -0.05) is 65.5 Å². The number of unbranched alkanes of at least 4 members (excludes halogenated alkanes) is 1. The molecule has 0 radical (unpaired) electrons. The number of ether oxygens (including phenoxy) is 1. The van der Waals surface area contributed by atoms with Crippen LogP contribution < -0.4 is 16.8 Å². The maximum atomic E-state index is 13.3. The van der Waals surface area contributed by atoms with E-state index in [1.165, 1.54) is 51.4 Å². The van der Waals surface area contributed by atoms with Gasteiger partial charge in [0.2, 0.25) is 0 Å². The molecule has 3 fully saturated rings. The zero-order valence-electron chi connectivity index (χ0n) is 31.4. The van der Waals surface area contributed by atoms with Crippen molar-refractivity contribution in [1.29, 1.82) is 0 Å². The molecule has 1 amide bonds. The van der Waals surface area contributed by atoms with Crippen molar-refractivity contribution in [3.05, 3.63) is 11.6 Å². The van der Waals surface area contributed by atoms with Crippen LogP contribution in [0.1, 0.15) is 131 Å². The minimum Gasteiger partial charge on any atom is -0.446 e. The highest BCUT2D eigenvalue weighted by molar-refractivity contribution is 5.86. The van der Waals surface area contributed by atoms with Crippen molar-refractivity contribution in [2.75, 3.05) is 39.3 Å². The predicted molar refractivity (Wildman–Crippen MR) is 221 cm³/mol. The van der Waals surface area contributed by atoms with Gasteiger partial charge >= 0.3 is 6.09 Å². The van der Waals surface area contributed by atoms with Crippen molar-refractivity contribution in [3.8, 4) is 0 Å². The first-order valence-electron chi connectivity index (χ1n) is 18.9. The molecule has 0 aromatic heterocycles. The summed E-state index contributed by atoms with van der Waals surface area (Å²) in [5.41, 5.74) is 13.8. The average molecular weight is 797 g/mol. The molecule has 0 saturated heterocycles. The molecule has 0 spiro atoms. The number of carbonyl (C=O) groups excluding carboxylic acids is 1. The van der Waals surface area contributed by atoms with E-state index in [-0.39, 0.29) is 79.6 Å². The molecular weight excluding hydrogens is 722 g/mol. The summed E-state index contributed by atoms with van der Waals surface area (Å²) in [6.45, 7) is 17.3. The fourth-order valence-corrected chi connectivity index (χ4v) is 10.5. The molecule has 4 aliphatic rings. The van der Waals surface area contributed by atoms with Crippen LogP contribution in [-0.2, 0) is 4.74 Å². The summed E-state index contributed by atoms with van der Waals surface area (Å²) < 4.78 is 6.24. The van der Waals surface area contributed by atoms with Crippen LogP contribution >= 0.6 is 62.0 Å². The fourth-order valence-electron chi connectivity index (χ4n) is 10.5. The van der Waals surface area contributed by atoms with Gasteiger partial charge in [0.25, 0.3) is 0 Å².